The first-order valence-corrected chi connectivity index (χ1v) is 12.8. The standard InChI is InChI=1S/C26H35FN4O3/c27-21-16-19(28-22-4-5-23(32)29-25(22)34)2-3-20(21)18-6-12-30(13-7-18)17-24(33)31-14-10-26(11-15-31)8-1-9-26/h2-3,16,18,22,28H,1,4-15,17H2,(H,29,32,34). The van der Waals surface area contributed by atoms with Crippen LogP contribution in [-0.4, -0.2) is 66.3 Å². The number of hydrogen-bond acceptors (Lipinski definition) is 5. The number of carbonyl (C=O) groups excluding carboxylic acids is 3. The van der Waals surface area contributed by atoms with E-state index >= 15 is 0 Å². The van der Waals surface area contributed by atoms with E-state index in [2.05, 4.69) is 15.5 Å². The average molecular weight is 471 g/mol. The van der Waals surface area contributed by atoms with Gasteiger partial charge in [0.2, 0.25) is 17.7 Å². The van der Waals surface area contributed by atoms with E-state index in [1.54, 1.807) is 6.07 Å². The van der Waals surface area contributed by atoms with Gasteiger partial charge in [-0.3, -0.25) is 24.6 Å². The lowest BCUT2D eigenvalue weighted by atomic mass is 9.63. The van der Waals surface area contributed by atoms with Gasteiger partial charge in [-0.1, -0.05) is 12.5 Å². The molecular formula is C26H35FN4O3. The first-order valence-electron chi connectivity index (χ1n) is 12.8. The van der Waals surface area contributed by atoms with E-state index in [4.69, 9.17) is 0 Å². The van der Waals surface area contributed by atoms with Gasteiger partial charge < -0.3 is 10.2 Å². The molecule has 4 fully saturated rings. The topological polar surface area (TPSA) is 81.8 Å². The van der Waals surface area contributed by atoms with Gasteiger partial charge in [-0.2, -0.15) is 0 Å². The summed E-state index contributed by atoms with van der Waals surface area (Å²) in [6, 6.07) is 4.53. The Morgan fingerprint density at radius 2 is 1.79 bits per heavy atom. The van der Waals surface area contributed by atoms with Crippen LogP contribution in [0.3, 0.4) is 0 Å². The number of anilines is 1. The molecular weight excluding hydrogens is 435 g/mol. The number of carbonyl (C=O) groups is 3. The van der Waals surface area contributed by atoms with Crippen molar-refractivity contribution in [3.63, 3.8) is 0 Å². The van der Waals surface area contributed by atoms with Gasteiger partial charge in [-0.05, 0) is 87.1 Å². The lowest BCUT2D eigenvalue weighted by Gasteiger charge is -2.48. The molecule has 7 nitrogen and oxygen atoms in total. The predicted molar refractivity (Wildman–Crippen MR) is 127 cm³/mol. The molecule has 1 unspecified atom stereocenters. The van der Waals surface area contributed by atoms with Gasteiger partial charge in [0, 0.05) is 25.2 Å². The van der Waals surface area contributed by atoms with Crippen LogP contribution in [0.15, 0.2) is 18.2 Å². The van der Waals surface area contributed by atoms with E-state index in [0.717, 1.165) is 51.9 Å². The number of nitrogens with zero attached hydrogens (tertiary/aromatic N) is 2. The summed E-state index contributed by atoms with van der Waals surface area (Å²) in [5.41, 5.74) is 1.79. The first-order chi connectivity index (χ1) is 16.4. The summed E-state index contributed by atoms with van der Waals surface area (Å²) in [5.74, 6) is -0.539. The minimum absolute atomic E-state index is 0.129. The van der Waals surface area contributed by atoms with Gasteiger partial charge >= 0.3 is 0 Å². The van der Waals surface area contributed by atoms with Crippen molar-refractivity contribution in [2.75, 3.05) is 38.0 Å². The molecule has 1 aromatic rings. The third-order valence-electron chi connectivity index (χ3n) is 8.56. The molecule has 3 heterocycles. The molecule has 1 aromatic carbocycles. The number of halogens is 1. The average Bonchev–Trinajstić information content (AvgIpc) is 2.81. The molecule has 0 bridgehead atoms. The minimum atomic E-state index is -0.525. The van der Waals surface area contributed by atoms with E-state index in [-0.39, 0.29) is 35.9 Å². The maximum absolute atomic E-state index is 14.9. The van der Waals surface area contributed by atoms with Crippen molar-refractivity contribution in [3.8, 4) is 0 Å². The summed E-state index contributed by atoms with van der Waals surface area (Å²) in [4.78, 5) is 40.3. The Morgan fingerprint density at radius 1 is 1.06 bits per heavy atom. The molecule has 34 heavy (non-hydrogen) atoms. The highest BCUT2D eigenvalue weighted by molar-refractivity contribution is 6.01. The molecule has 3 saturated heterocycles. The van der Waals surface area contributed by atoms with E-state index in [1.807, 2.05) is 11.0 Å². The molecule has 4 aliphatic rings. The van der Waals surface area contributed by atoms with E-state index < -0.39 is 6.04 Å². The maximum Gasteiger partial charge on any atom is 0.249 e. The highest BCUT2D eigenvalue weighted by Gasteiger charge is 2.40. The third-order valence-corrected chi connectivity index (χ3v) is 8.56. The number of hydrogen-bond donors (Lipinski definition) is 2. The first kappa shape index (κ1) is 23.3. The summed E-state index contributed by atoms with van der Waals surface area (Å²) in [6.45, 7) is 3.87. The van der Waals surface area contributed by atoms with Crippen LogP contribution in [0.25, 0.3) is 0 Å². The second-order valence-electron chi connectivity index (χ2n) is 10.7. The second kappa shape index (κ2) is 9.64. The maximum atomic E-state index is 14.9. The molecule has 5 rings (SSSR count). The number of amides is 3. The molecule has 8 heteroatoms. The van der Waals surface area contributed by atoms with Crippen molar-refractivity contribution >= 4 is 23.4 Å². The van der Waals surface area contributed by atoms with E-state index in [0.29, 0.717) is 29.6 Å². The Hall–Kier alpha value is -2.48. The molecule has 0 radical (unpaired) electrons. The molecule has 0 aromatic heterocycles. The van der Waals surface area contributed by atoms with E-state index in [1.165, 1.54) is 25.3 Å². The summed E-state index contributed by atoms with van der Waals surface area (Å²) in [7, 11) is 0. The molecule has 1 saturated carbocycles. The molecule has 3 amide bonds. The minimum Gasteiger partial charge on any atom is -0.374 e. The monoisotopic (exact) mass is 470 g/mol. The van der Waals surface area contributed by atoms with Gasteiger partial charge in [-0.25, -0.2) is 4.39 Å². The van der Waals surface area contributed by atoms with Crippen molar-refractivity contribution in [1.29, 1.82) is 0 Å². The highest BCUT2D eigenvalue weighted by atomic mass is 19.1. The second-order valence-corrected chi connectivity index (χ2v) is 10.7. The Bertz CT molecular complexity index is 945. The fraction of sp³-hybridized carbons (Fsp3) is 0.654. The third kappa shape index (κ3) is 4.97. The molecule has 184 valence electrons. The van der Waals surface area contributed by atoms with Gasteiger partial charge in [-0.15, -0.1) is 0 Å². The number of benzene rings is 1. The number of likely N-dealkylation sites (tertiary alicyclic amines) is 2. The summed E-state index contributed by atoms with van der Waals surface area (Å²) in [6.07, 6.45) is 8.69. The van der Waals surface area contributed by atoms with Crippen LogP contribution in [-0.2, 0) is 14.4 Å². The lowest BCUT2D eigenvalue weighted by molar-refractivity contribution is -0.136. The smallest absolute Gasteiger partial charge is 0.249 e. The number of piperidine rings is 3. The Kier molecular flexibility index (Phi) is 6.60. The normalized spacial score (nSPS) is 25.7. The molecule has 2 N–H and O–H groups in total. The van der Waals surface area contributed by atoms with Crippen LogP contribution >= 0.6 is 0 Å². The zero-order chi connectivity index (χ0) is 23.7. The predicted octanol–water partition coefficient (Wildman–Crippen LogP) is 3.01. The molecule has 3 aliphatic heterocycles. The van der Waals surface area contributed by atoms with Gasteiger partial charge in [0.1, 0.15) is 11.9 Å². The number of nitrogens with one attached hydrogen (secondary N) is 2. The molecule has 1 spiro atoms. The Labute approximate surface area is 200 Å². The summed E-state index contributed by atoms with van der Waals surface area (Å²) < 4.78 is 14.9. The van der Waals surface area contributed by atoms with Crippen LogP contribution in [0.1, 0.15) is 69.3 Å². The summed E-state index contributed by atoms with van der Waals surface area (Å²) >= 11 is 0. The van der Waals surface area contributed by atoms with Gasteiger partial charge in [0.05, 0.1) is 6.54 Å². The zero-order valence-corrected chi connectivity index (χ0v) is 19.8. The highest BCUT2D eigenvalue weighted by Crippen LogP contribution is 2.48. The van der Waals surface area contributed by atoms with Crippen molar-refractivity contribution < 1.29 is 18.8 Å². The van der Waals surface area contributed by atoms with Crippen molar-refractivity contribution in [3.05, 3.63) is 29.6 Å². The van der Waals surface area contributed by atoms with Crippen molar-refractivity contribution in [2.24, 2.45) is 5.41 Å². The zero-order valence-electron chi connectivity index (χ0n) is 19.8. The fourth-order valence-corrected chi connectivity index (χ4v) is 6.08. The van der Waals surface area contributed by atoms with Crippen LogP contribution < -0.4 is 10.6 Å². The number of rotatable bonds is 5. The Morgan fingerprint density at radius 3 is 2.41 bits per heavy atom. The fourth-order valence-electron chi connectivity index (χ4n) is 6.08. The van der Waals surface area contributed by atoms with Crippen molar-refractivity contribution in [1.82, 2.24) is 15.1 Å². The molecule has 1 atom stereocenters. The van der Waals surface area contributed by atoms with Crippen LogP contribution in [0.4, 0.5) is 10.1 Å². The van der Waals surface area contributed by atoms with Crippen molar-refractivity contribution in [2.45, 2.75) is 69.7 Å². The van der Waals surface area contributed by atoms with Crippen LogP contribution in [0, 0.1) is 11.2 Å². The van der Waals surface area contributed by atoms with Gasteiger partial charge in [0.25, 0.3) is 0 Å². The SMILES string of the molecule is O=C1CCC(Nc2ccc(C3CCN(CC(=O)N4CCC5(CCC5)CC4)CC3)c(F)c2)C(=O)N1. The summed E-state index contributed by atoms with van der Waals surface area (Å²) in [5, 5.41) is 5.35. The Balaban J connectivity index is 1.09. The number of imide groups is 1. The molecule has 1 aliphatic carbocycles. The van der Waals surface area contributed by atoms with E-state index in [9.17, 15) is 18.8 Å². The van der Waals surface area contributed by atoms with Crippen LogP contribution in [0.2, 0.25) is 0 Å². The largest absolute Gasteiger partial charge is 0.374 e. The lowest BCUT2D eigenvalue weighted by Crippen LogP contribution is -2.49. The van der Waals surface area contributed by atoms with Crippen LogP contribution in [0.5, 0.6) is 0 Å². The quantitative estimate of drug-likeness (QED) is 0.647. The van der Waals surface area contributed by atoms with Gasteiger partial charge in [0.15, 0.2) is 0 Å².